The lowest BCUT2D eigenvalue weighted by Crippen LogP contribution is -2.00. The molecule has 0 amide bonds. The number of H-pyrrole nitrogens is 1. The van der Waals surface area contributed by atoms with Crippen LogP contribution >= 0.6 is 0 Å². The summed E-state index contributed by atoms with van der Waals surface area (Å²) in [5, 5.41) is 6.71. The number of carbonyl (C=O) groups is 1. The number of esters is 1. The number of hydrogen-bond donors (Lipinski definition) is 1. The molecule has 0 fully saturated rings. The number of hydrogen-bond acceptors (Lipinski definition) is 5. The van der Waals surface area contributed by atoms with E-state index in [4.69, 9.17) is 9.47 Å². The first-order chi connectivity index (χ1) is 9.67. The van der Waals surface area contributed by atoms with E-state index in [1.807, 2.05) is 19.1 Å². The summed E-state index contributed by atoms with van der Waals surface area (Å²) in [7, 11) is 2.90. The predicted molar refractivity (Wildman–Crippen MR) is 73.1 cm³/mol. The van der Waals surface area contributed by atoms with Crippen LogP contribution in [-0.2, 0) is 4.74 Å². The molecule has 2 rings (SSSR count). The van der Waals surface area contributed by atoms with Crippen molar-refractivity contribution in [3.63, 3.8) is 0 Å². The fraction of sp³-hybridized carbons (Fsp3) is 0.286. The Kier molecular flexibility index (Phi) is 4.24. The lowest BCUT2D eigenvalue weighted by Gasteiger charge is -2.08. The van der Waals surface area contributed by atoms with E-state index in [1.54, 1.807) is 19.2 Å². The zero-order valence-corrected chi connectivity index (χ0v) is 11.6. The molecule has 0 aliphatic heterocycles. The Morgan fingerprint density at radius 2 is 1.95 bits per heavy atom. The van der Waals surface area contributed by atoms with E-state index in [0.717, 1.165) is 5.56 Å². The Bertz CT molecular complexity index is 607. The number of rotatable bonds is 5. The van der Waals surface area contributed by atoms with E-state index in [2.05, 4.69) is 14.9 Å². The third-order valence-electron chi connectivity index (χ3n) is 2.71. The largest absolute Gasteiger partial charge is 0.497 e. The van der Waals surface area contributed by atoms with Gasteiger partial charge in [0.2, 0.25) is 0 Å². The van der Waals surface area contributed by atoms with E-state index in [-0.39, 0.29) is 5.69 Å². The van der Waals surface area contributed by atoms with Gasteiger partial charge in [-0.25, -0.2) is 4.79 Å². The monoisotopic (exact) mass is 276 g/mol. The van der Waals surface area contributed by atoms with Crippen LogP contribution in [0.1, 0.15) is 17.4 Å². The van der Waals surface area contributed by atoms with Crippen molar-refractivity contribution in [2.24, 2.45) is 0 Å². The van der Waals surface area contributed by atoms with E-state index in [9.17, 15) is 4.79 Å². The molecular weight excluding hydrogens is 260 g/mol. The van der Waals surface area contributed by atoms with E-state index in [1.165, 1.54) is 7.11 Å². The molecule has 2 aromatic rings. The number of methoxy groups -OCH3 is 2. The number of nitrogens with one attached hydrogen (secondary N) is 1. The summed E-state index contributed by atoms with van der Waals surface area (Å²) < 4.78 is 15.3. The van der Waals surface area contributed by atoms with Crippen LogP contribution in [-0.4, -0.2) is 37.0 Å². The second-order valence-electron chi connectivity index (χ2n) is 3.99. The van der Waals surface area contributed by atoms with Gasteiger partial charge in [-0.1, -0.05) is 0 Å². The normalized spacial score (nSPS) is 10.2. The molecule has 1 aromatic carbocycles. The molecule has 0 bridgehead atoms. The number of ether oxygens (including phenoxy) is 3. The minimum absolute atomic E-state index is 0.225. The predicted octanol–water partition coefficient (Wildman–Crippen LogP) is 2.27. The molecule has 1 N–H and O–H groups in total. The summed E-state index contributed by atoms with van der Waals surface area (Å²) in [6, 6.07) is 7.10. The molecule has 0 atom stereocenters. The van der Waals surface area contributed by atoms with Gasteiger partial charge in [0.1, 0.15) is 11.5 Å². The van der Waals surface area contributed by atoms with Crippen molar-refractivity contribution >= 4 is 5.97 Å². The maximum absolute atomic E-state index is 11.4. The van der Waals surface area contributed by atoms with Crippen LogP contribution < -0.4 is 9.47 Å². The highest BCUT2D eigenvalue weighted by Crippen LogP contribution is 2.29. The van der Waals surface area contributed by atoms with Crippen molar-refractivity contribution in [3.05, 3.63) is 30.0 Å². The van der Waals surface area contributed by atoms with Crippen molar-refractivity contribution in [3.8, 4) is 22.8 Å². The summed E-state index contributed by atoms with van der Waals surface area (Å²) >= 11 is 0. The number of aromatic amines is 1. The smallest absolute Gasteiger partial charge is 0.358 e. The Balaban J connectivity index is 2.38. The lowest BCUT2D eigenvalue weighted by molar-refractivity contribution is 0.0594. The zero-order chi connectivity index (χ0) is 14.5. The molecule has 6 heteroatoms. The fourth-order valence-corrected chi connectivity index (χ4v) is 1.77. The molecule has 0 spiro atoms. The van der Waals surface area contributed by atoms with Crippen LogP contribution in [0, 0.1) is 0 Å². The maximum atomic E-state index is 11.4. The highest BCUT2D eigenvalue weighted by molar-refractivity contribution is 5.88. The van der Waals surface area contributed by atoms with Crippen LogP contribution in [0.3, 0.4) is 0 Å². The third kappa shape index (κ3) is 2.90. The molecule has 0 unspecified atom stereocenters. The average molecular weight is 276 g/mol. The summed E-state index contributed by atoms with van der Waals surface area (Å²) in [6.45, 7) is 2.47. The van der Waals surface area contributed by atoms with Crippen LogP contribution in [0.15, 0.2) is 24.3 Å². The van der Waals surface area contributed by atoms with Crippen LogP contribution in [0.25, 0.3) is 11.3 Å². The molecular formula is C14H16N2O4. The van der Waals surface area contributed by atoms with Crippen LogP contribution in [0.4, 0.5) is 0 Å². The van der Waals surface area contributed by atoms with Gasteiger partial charge in [-0.3, -0.25) is 5.10 Å². The van der Waals surface area contributed by atoms with Crippen molar-refractivity contribution in [1.29, 1.82) is 0 Å². The van der Waals surface area contributed by atoms with Gasteiger partial charge in [0.15, 0.2) is 5.69 Å². The summed E-state index contributed by atoms with van der Waals surface area (Å²) in [4.78, 5) is 11.4. The topological polar surface area (TPSA) is 73.4 Å². The molecule has 6 nitrogen and oxygen atoms in total. The molecule has 0 saturated heterocycles. The van der Waals surface area contributed by atoms with Crippen molar-refractivity contribution in [2.75, 3.05) is 20.8 Å². The molecule has 1 heterocycles. The highest BCUT2D eigenvalue weighted by Gasteiger charge is 2.12. The zero-order valence-electron chi connectivity index (χ0n) is 11.6. The molecule has 0 radical (unpaired) electrons. The Morgan fingerprint density at radius 3 is 2.60 bits per heavy atom. The SMILES string of the molecule is CCOc1cc(OC)cc(-c2cc(C(=O)OC)n[nH]2)c1. The standard InChI is InChI=1S/C14H16N2O4/c1-4-20-11-6-9(5-10(7-11)18-2)12-8-13(16-15-12)14(17)19-3/h5-8H,4H2,1-3H3,(H,15,16). The molecule has 0 aliphatic carbocycles. The van der Waals surface area contributed by atoms with Crippen molar-refractivity contribution in [2.45, 2.75) is 6.92 Å². The number of aromatic nitrogens is 2. The minimum Gasteiger partial charge on any atom is -0.497 e. The first-order valence-electron chi connectivity index (χ1n) is 6.14. The first-order valence-corrected chi connectivity index (χ1v) is 6.14. The number of nitrogens with zero attached hydrogens (tertiary/aromatic N) is 1. The van der Waals surface area contributed by atoms with Crippen molar-refractivity contribution < 1.29 is 19.0 Å². The van der Waals surface area contributed by atoms with Gasteiger partial charge in [-0.05, 0) is 25.1 Å². The number of carbonyl (C=O) groups excluding carboxylic acids is 1. The third-order valence-corrected chi connectivity index (χ3v) is 2.71. The summed E-state index contributed by atoms with van der Waals surface area (Å²) in [6.07, 6.45) is 0. The second-order valence-corrected chi connectivity index (χ2v) is 3.99. The van der Waals surface area contributed by atoms with Crippen molar-refractivity contribution in [1.82, 2.24) is 10.2 Å². The van der Waals surface area contributed by atoms with Gasteiger partial charge in [0, 0.05) is 11.6 Å². The summed E-state index contributed by atoms with van der Waals surface area (Å²) in [5.74, 6) is 0.872. The van der Waals surface area contributed by atoms with Gasteiger partial charge < -0.3 is 14.2 Å². The van der Waals surface area contributed by atoms with Gasteiger partial charge in [-0.2, -0.15) is 5.10 Å². The Labute approximate surface area is 116 Å². The van der Waals surface area contributed by atoms with E-state index in [0.29, 0.717) is 23.8 Å². The molecule has 0 aliphatic rings. The van der Waals surface area contributed by atoms with Gasteiger partial charge in [-0.15, -0.1) is 0 Å². The molecule has 20 heavy (non-hydrogen) atoms. The minimum atomic E-state index is -0.486. The molecule has 1 aromatic heterocycles. The number of benzene rings is 1. The first kappa shape index (κ1) is 13.9. The molecule has 106 valence electrons. The maximum Gasteiger partial charge on any atom is 0.358 e. The average Bonchev–Trinajstić information content (AvgIpc) is 2.96. The van der Waals surface area contributed by atoms with Gasteiger partial charge in [0.25, 0.3) is 0 Å². The van der Waals surface area contributed by atoms with Gasteiger partial charge in [0.05, 0.1) is 26.5 Å². The lowest BCUT2D eigenvalue weighted by atomic mass is 10.1. The Hall–Kier alpha value is -2.50. The van der Waals surface area contributed by atoms with Crippen LogP contribution in [0.2, 0.25) is 0 Å². The van der Waals surface area contributed by atoms with Gasteiger partial charge >= 0.3 is 5.97 Å². The fourth-order valence-electron chi connectivity index (χ4n) is 1.77. The molecule has 0 saturated carbocycles. The second kappa shape index (κ2) is 6.10. The quantitative estimate of drug-likeness (QED) is 0.848. The summed E-state index contributed by atoms with van der Waals surface area (Å²) in [5.41, 5.74) is 1.73. The Morgan fingerprint density at radius 1 is 1.20 bits per heavy atom. The highest BCUT2D eigenvalue weighted by atomic mass is 16.5. The van der Waals surface area contributed by atoms with E-state index >= 15 is 0 Å². The van der Waals surface area contributed by atoms with Crippen LogP contribution in [0.5, 0.6) is 11.5 Å². The van der Waals surface area contributed by atoms with E-state index < -0.39 is 5.97 Å².